The van der Waals surface area contributed by atoms with E-state index < -0.39 is 5.82 Å². The number of carbonyl (C=O) groups is 1. The normalized spacial score (nSPS) is 10.6. The standard InChI is InChI=1S/C11H11ClFNO/c1-8(15)14-6-2-3-9-4-5-10(12)11(13)7-9/h2-5,7H,6H2,1H3,(H,14,15). The van der Waals surface area contributed by atoms with E-state index in [1.54, 1.807) is 18.2 Å². The topological polar surface area (TPSA) is 29.1 Å². The molecule has 0 atom stereocenters. The van der Waals surface area contributed by atoms with Crippen LogP contribution in [0.2, 0.25) is 5.02 Å². The van der Waals surface area contributed by atoms with Crippen LogP contribution in [0.15, 0.2) is 24.3 Å². The van der Waals surface area contributed by atoms with E-state index in [0.29, 0.717) is 12.1 Å². The van der Waals surface area contributed by atoms with Crippen LogP contribution in [0.1, 0.15) is 12.5 Å². The van der Waals surface area contributed by atoms with E-state index >= 15 is 0 Å². The summed E-state index contributed by atoms with van der Waals surface area (Å²) < 4.78 is 13.0. The first-order chi connectivity index (χ1) is 7.09. The van der Waals surface area contributed by atoms with Crippen LogP contribution in [-0.4, -0.2) is 12.5 Å². The number of amides is 1. The zero-order valence-corrected chi connectivity index (χ0v) is 9.01. The van der Waals surface area contributed by atoms with Crippen molar-refractivity contribution in [2.24, 2.45) is 0 Å². The second kappa shape index (κ2) is 5.51. The van der Waals surface area contributed by atoms with Gasteiger partial charge in [0, 0.05) is 13.5 Å². The van der Waals surface area contributed by atoms with Crippen molar-refractivity contribution in [3.8, 4) is 0 Å². The molecule has 0 unspecified atom stereocenters. The zero-order valence-electron chi connectivity index (χ0n) is 8.26. The number of rotatable bonds is 3. The summed E-state index contributed by atoms with van der Waals surface area (Å²) >= 11 is 5.53. The van der Waals surface area contributed by atoms with Crippen molar-refractivity contribution in [2.75, 3.05) is 6.54 Å². The lowest BCUT2D eigenvalue weighted by Crippen LogP contribution is -2.19. The summed E-state index contributed by atoms with van der Waals surface area (Å²) in [6, 6.07) is 4.54. The maximum absolute atomic E-state index is 13.0. The summed E-state index contributed by atoms with van der Waals surface area (Å²) in [6.07, 6.45) is 3.46. The monoisotopic (exact) mass is 227 g/mol. The molecule has 0 aliphatic heterocycles. The van der Waals surface area contributed by atoms with Gasteiger partial charge in [-0.25, -0.2) is 4.39 Å². The molecule has 1 rings (SSSR count). The summed E-state index contributed by atoms with van der Waals surface area (Å²) in [6.45, 7) is 1.87. The maximum atomic E-state index is 13.0. The van der Waals surface area contributed by atoms with Crippen LogP contribution in [0.3, 0.4) is 0 Å². The maximum Gasteiger partial charge on any atom is 0.217 e. The molecule has 1 aromatic rings. The number of hydrogen-bond donors (Lipinski definition) is 1. The molecule has 0 heterocycles. The fraction of sp³-hybridized carbons (Fsp3) is 0.182. The molecule has 0 saturated carbocycles. The van der Waals surface area contributed by atoms with E-state index in [1.807, 2.05) is 0 Å². The van der Waals surface area contributed by atoms with E-state index in [2.05, 4.69) is 5.32 Å². The van der Waals surface area contributed by atoms with Crippen molar-refractivity contribution in [3.63, 3.8) is 0 Å². The lowest BCUT2D eigenvalue weighted by atomic mass is 10.2. The number of benzene rings is 1. The van der Waals surface area contributed by atoms with Gasteiger partial charge in [-0.3, -0.25) is 4.79 Å². The van der Waals surface area contributed by atoms with Crippen molar-refractivity contribution >= 4 is 23.6 Å². The number of halogens is 2. The van der Waals surface area contributed by atoms with Crippen molar-refractivity contribution in [1.82, 2.24) is 5.32 Å². The van der Waals surface area contributed by atoms with Crippen LogP contribution in [0, 0.1) is 5.82 Å². The van der Waals surface area contributed by atoms with Crippen LogP contribution < -0.4 is 5.32 Å². The highest BCUT2D eigenvalue weighted by atomic mass is 35.5. The third-order valence-electron chi connectivity index (χ3n) is 1.72. The highest BCUT2D eigenvalue weighted by Gasteiger charge is 1.97. The van der Waals surface area contributed by atoms with Gasteiger partial charge in [0.1, 0.15) is 5.82 Å². The Kier molecular flexibility index (Phi) is 4.31. The third-order valence-corrected chi connectivity index (χ3v) is 2.03. The van der Waals surface area contributed by atoms with Crippen molar-refractivity contribution < 1.29 is 9.18 Å². The average Bonchev–Trinajstić information content (AvgIpc) is 2.18. The lowest BCUT2D eigenvalue weighted by molar-refractivity contribution is -0.118. The Labute approximate surface area is 92.7 Å². The van der Waals surface area contributed by atoms with E-state index in [9.17, 15) is 9.18 Å². The Bertz CT molecular complexity index is 390. The fourth-order valence-corrected chi connectivity index (χ4v) is 1.13. The van der Waals surface area contributed by atoms with Gasteiger partial charge in [-0.2, -0.15) is 0 Å². The minimum Gasteiger partial charge on any atom is -0.353 e. The number of carbonyl (C=O) groups excluding carboxylic acids is 1. The van der Waals surface area contributed by atoms with E-state index in [-0.39, 0.29) is 10.9 Å². The summed E-state index contributed by atoms with van der Waals surface area (Å²) in [5, 5.41) is 2.70. The Morgan fingerprint density at radius 3 is 2.93 bits per heavy atom. The fourth-order valence-electron chi connectivity index (χ4n) is 1.01. The molecule has 1 N–H and O–H groups in total. The smallest absolute Gasteiger partial charge is 0.217 e. The summed E-state index contributed by atoms with van der Waals surface area (Å²) in [4.78, 5) is 10.5. The van der Waals surface area contributed by atoms with E-state index in [4.69, 9.17) is 11.6 Å². The van der Waals surface area contributed by atoms with E-state index in [0.717, 1.165) is 0 Å². The lowest BCUT2D eigenvalue weighted by Gasteiger charge is -1.97. The summed E-state index contributed by atoms with van der Waals surface area (Å²) in [5.74, 6) is -0.541. The quantitative estimate of drug-likeness (QED) is 0.845. The third kappa shape index (κ3) is 4.13. The Morgan fingerprint density at radius 2 is 2.33 bits per heavy atom. The van der Waals surface area contributed by atoms with Crippen LogP contribution in [0.5, 0.6) is 0 Å². The minimum atomic E-state index is -0.446. The van der Waals surface area contributed by atoms with Gasteiger partial charge in [-0.05, 0) is 17.7 Å². The second-order valence-electron chi connectivity index (χ2n) is 3.01. The van der Waals surface area contributed by atoms with Crippen molar-refractivity contribution in [2.45, 2.75) is 6.92 Å². The molecular formula is C11H11ClFNO. The molecule has 0 spiro atoms. The Hall–Kier alpha value is -1.35. The van der Waals surface area contributed by atoms with Crippen LogP contribution in [0.4, 0.5) is 4.39 Å². The summed E-state index contributed by atoms with van der Waals surface area (Å²) in [5.41, 5.74) is 0.710. The van der Waals surface area contributed by atoms with Gasteiger partial charge in [0.25, 0.3) is 0 Å². The highest BCUT2D eigenvalue weighted by molar-refractivity contribution is 6.30. The molecule has 1 amide bonds. The molecule has 1 aromatic carbocycles. The first-order valence-corrected chi connectivity index (χ1v) is 4.83. The number of nitrogens with one attached hydrogen (secondary N) is 1. The molecule has 2 nitrogen and oxygen atoms in total. The molecular weight excluding hydrogens is 217 g/mol. The Balaban J connectivity index is 2.57. The SMILES string of the molecule is CC(=O)NCC=Cc1ccc(Cl)c(F)c1. The molecule has 0 aromatic heterocycles. The summed E-state index contributed by atoms with van der Waals surface area (Å²) in [7, 11) is 0. The van der Waals surface area contributed by atoms with Gasteiger partial charge < -0.3 is 5.32 Å². The predicted molar refractivity (Wildman–Crippen MR) is 59.1 cm³/mol. The van der Waals surface area contributed by atoms with Gasteiger partial charge in [0.05, 0.1) is 5.02 Å². The molecule has 0 bridgehead atoms. The van der Waals surface area contributed by atoms with Gasteiger partial charge in [0.15, 0.2) is 0 Å². The minimum absolute atomic E-state index is 0.0954. The average molecular weight is 228 g/mol. The molecule has 0 aliphatic carbocycles. The van der Waals surface area contributed by atoms with Gasteiger partial charge in [0.2, 0.25) is 5.91 Å². The van der Waals surface area contributed by atoms with Crippen LogP contribution >= 0.6 is 11.6 Å². The predicted octanol–water partition coefficient (Wildman–Crippen LogP) is 2.63. The highest BCUT2D eigenvalue weighted by Crippen LogP contribution is 2.16. The largest absolute Gasteiger partial charge is 0.353 e. The molecule has 0 saturated heterocycles. The molecule has 80 valence electrons. The van der Waals surface area contributed by atoms with Gasteiger partial charge >= 0.3 is 0 Å². The Morgan fingerprint density at radius 1 is 1.60 bits per heavy atom. The van der Waals surface area contributed by atoms with Gasteiger partial charge in [-0.15, -0.1) is 0 Å². The molecule has 0 fully saturated rings. The van der Waals surface area contributed by atoms with Crippen LogP contribution in [0.25, 0.3) is 6.08 Å². The van der Waals surface area contributed by atoms with Crippen molar-refractivity contribution in [1.29, 1.82) is 0 Å². The van der Waals surface area contributed by atoms with Crippen molar-refractivity contribution in [3.05, 3.63) is 40.7 Å². The molecule has 0 radical (unpaired) electrons. The molecule has 15 heavy (non-hydrogen) atoms. The van der Waals surface area contributed by atoms with Crippen LogP contribution in [-0.2, 0) is 4.79 Å². The molecule has 4 heteroatoms. The molecule has 0 aliphatic rings. The zero-order chi connectivity index (χ0) is 11.3. The first-order valence-electron chi connectivity index (χ1n) is 4.45. The number of hydrogen-bond acceptors (Lipinski definition) is 1. The second-order valence-corrected chi connectivity index (χ2v) is 3.42. The first kappa shape index (κ1) is 11.7. The van der Waals surface area contributed by atoms with Gasteiger partial charge in [-0.1, -0.05) is 29.8 Å². The van der Waals surface area contributed by atoms with E-state index in [1.165, 1.54) is 19.1 Å².